The molecule has 0 heterocycles. The van der Waals surface area contributed by atoms with Gasteiger partial charge in [-0.05, 0) is 12.8 Å². The van der Waals surface area contributed by atoms with Gasteiger partial charge in [-0.15, -0.1) is 0 Å². The van der Waals surface area contributed by atoms with Crippen LogP contribution in [-0.2, 0) is 4.79 Å². The molecule has 0 spiro atoms. The first-order valence-corrected chi connectivity index (χ1v) is 5.24. The zero-order chi connectivity index (χ0) is 13.0. The third-order valence-corrected chi connectivity index (χ3v) is 2.96. The van der Waals surface area contributed by atoms with Gasteiger partial charge >= 0.3 is 6.18 Å². The molecule has 16 heavy (non-hydrogen) atoms. The van der Waals surface area contributed by atoms with Crippen molar-refractivity contribution in [3.8, 4) is 0 Å². The van der Waals surface area contributed by atoms with E-state index in [1.54, 1.807) is 13.8 Å². The van der Waals surface area contributed by atoms with E-state index in [-0.39, 0.29) is 6.54 Å². The Morgan fingerprint density at radius 2 is 1.69 bits per heavy atom. The van der Waals surface area contributed by atoms with E-state index in [4.69, 9.17) is 5.73 Å². The minimum Gasteiger partial charge on any atom is -0.336 e. The maximum atomic E-state index is 12.1. The minimum atomic E-state index is -4.37. The summed E-state index contributed by atoms with van der Waals surface area (Å²) in [7, 11) is 1.16. The highest BCUT2D eigenvalue weighted by Crippen LogP contribution is 2.28. The average Bonchev–Trinajstić information content (AvgIpc) is 2.18. The van der Waals surface area contributed by atoms with E-state index in [1.165, 1.54) is 0 Å². The second-order valence-electron chi connectivity index (χ2n) is 3.97. The van der Waals surface area contributed by atoms with Crippen LogP contribution >= 0.6 is 0 Å². The molecule has 0 aromatic carbocycles. The Balaban J connectivity index is 4.75. The Hall–Kier alpha value is -0.780. The number of carbonyl (C=O) groups excluding carboxylic acids is 1. The molecule has 0 unspecified atom stereocenters. The number of nitrogens with zero attached hydrogens (tertiary/aromatic N) is 1. The number of alkyl halides is 3. The molecule has 0 aliphatic rings. The van der Waals surface area contributed by atoms with Crippen molar-refractivity contribution in [1.29, 1.82) is 0 Å². The van der Waals surface area contributed by atoms with E-state index < -0.39 is 24.0 Å². The molecule has 0 fully saturated rings. The predicted octanol–water partition coefficient (Wildman–Crippen LogP) is 1.77. The van der Waals surface area contributed by atoms with Crippen LogP contribution in [0.5, 0.6) is 0 Å². The third-order valence-electron chi connectivity index (χ3n) is 2.96. The maximum absolute atomic E-state index is 12.1. The quantitative estimate of drug-likeness (QED) is 0.796. The van der Waals surface area contributed by atoms with Crippen LogP contribution < -0.4 is 5.73 Å². The lowest BCUT2D eigenvalue weighted by molar-refractivity contribution is -0.165. The molecule has 3 nitrogen and oxygen atoms in total. The van der Waals surface area contributed by atoms with Crippen LogP contribution in [0.2, 0.25) is 0 Å². The summed E-state index contributed by atoms with van der Waals surface area (Å²) in [6, 6.07) is 0. The molecule has 0 aromatic rings. The lowest BCUT2D eigenvalue weighted by Gasteiger charge is -2.33. The number of hydrogen-bond donors (Lipinski definition) is 1. The minimum absolute atomic E-state index is 0.0705. The van der Waals surface area contributed by atoms with E-state index >= 15 is 0 Å². The molecule has 96 valence electrons. The SMILES string of the molecule is CCC(CC)(CN)C(=O)N(C)CC(F)(F)F. The summed E-state index contributed by atoms with van der Waals surface area (Å²) >= 11 is 0. The van der Waals surface area contributed by atoms with E-state index in [9.17, 15) is 18.0 Å². The molecule has 0 aliphatic heterocycles. The fourth-order valence-electron chi connectivity index (χ4n) is 1.67. The van der Waals surface area contributed by atoms with Crippen molar-refractivity contribution in [1.82, 2.24) is 4.90 Å². The largest absolute Gasteiger partial charge is 0.406 e. The summed E-state index contributed by atoms with van der Waals surface area (Å²) in [6.07, 6.45) is -3.48. The van der Waals surface area contributed by atoms with Crippen LogP contribution in [0.4, 0.5) is 13.2 Å². The van der Waals surface area contributed by atoms with Crippen LogP contribution in [0.25, 0.3) is 0 Å². The molecule has 0 atom stereocenters. The highest BCUT2D eigenvalue weighted by atomic mass is 19.4. The smallest absolute Gasteiger partial charge is 0.336 e. The third kappa shape index (κ3) is 3.66. The van der Waals surface area contributed by atoms with Crippen LogP contribution in [-0.4, -0.2) is 37.1 Å². The van der Waals surface area contributed by atoms with Crippen molar-refractivity contribution >= 4 is 5.91 Å². The number of carbonyl (C=O) groups is 1. The number of halogens is 3. The van der Waals surface area contributed by atoms with Gasteiger partial charge in [0, 0.05) is 13.6 Å². The van der Waals surface area contributed by atoms with Gasteiger partial charge in [0.15, 0.2) is 0 Å². The second-order valence-corrected chi connectivity index (χ2v) is 3.97. The first-order chi connectivity index (χ1) is 7.22. The van der Waals surface area contributed by atoms with Gasteiger partial charge in [-0.3, -0.25) is 4.79 Å². The lowest BCUT2D eigenvalue weighted by atomic mass is 9.81. The first-order valence-electron chi connectivity index (χ1n) is 5.24. The topological polar surface area (TPSA) is 46.3 Å². The molecular formula is C10H19F3N2O. The zero-order valence-corrected chi connectivity index (χ0v) is 9.90. The van der Waals surface area contributed by atoms with E-state index in [2.05, 4.69) is 0 Å². The molecule has 0 aromatic heterocycles. The zero-order valence-electron chi connectivity index (χ0n) is 9.90. The Labute approximate surface area is 93.8 Å². The second kappa shape index (κ2) is 5.52. The molecular weight excluding hydrogens is 221 g/mol. The van der Waals surface area contributed by atoms with Crippen molar-refractivity contribution in [3.05, 3.63) is 0 Å². The summed E-state index contributed by atoms with van der Waals surface area (Å²) in [6.45, 7) is 2.36. The van der Waals surface area contributed by atoms with Crippen molar-refractivity contribution in [2.45, 2.75) is 32.9 Å². The summed E-state index contributed by atoms with van der Waals surface area (Å²) < 4.78 is 36.4. The van der Waals surface area contributed by atoms with Gasteiger partial charge in [-0.2, -0.15) is 13.2 Å². The molecule has 6 heteroatoms. The van der Waals surface area contributed by atoms with Crippen molar-refractivity contribution in [3.63, 3.8) is 0 Å². The molecule has 0 aliphatic carbocycles. The van der Waals surface area contributed by atoms with Gasteiger partial charge in [0.2, 0.25) is 5.91 Å². The summed E-state index contributed by atoms with van der Waals surface area (Å²) in [5.74, 6) is -0.530. The summed E-state index contributed by atoms with van der Waals surface area (Å²) in [4.78, 5) is 12.6. The van der Waals surface area contributed by atoms with Gasteiger partial charge in [0.25, 0.3) is 0 Å². The van der Waals surface area contributed by atoms with Gasteiger partial charge in [-0.25, -0.2) is 0 Å². The van der Waals surface area contributed by atoms with Gasteiger partial charge in [0.05, 0.1) is 5.41 Å². The monoisotopic (exact) mass is 240 g/mol. The molecule has 0 saturated carbocycles. The summed E-state index contributed by atoms with van der Waals surface area (Å²) in [5.41, 5.74) is 4.64. The molecule has 0 rings (SSSR count). The number of rotatable bonds is 5. The van der Waals surface area contributed by atoms with E-state index in [0.717, 1.165) is 7.05 Å². The van der Waals surface area contributed by atoms with Crippen LogP contribution in [0.3, 0.4) is 0 Å². The summed E-state index contributed by atoms with van der Waals surface area (Å²) in [5, 5.41) is 0. The molecule has 0 bridgehead atoms. The van der Waals surface area contributed by atoms with Crippen LogP contribution in [0.15, 0.2) is 0 Å². The van der Waals surface area contributed by atoms with Crippen molar-refractivity contribution < 1.29 is 18.0 Å². The Morgan fingerprint density at radius 3 is 1.94 bits per heavy atom. The maximum Gasteiger partial charge on any atom is 0.406 e. The Kier molecular flexibility index (Phi) is 5.25. The first kappa shape index (κ1) is 15.2. The Bertz CT molecular complexity index is 228. The van der Waals surface area contributed by atoms with Gasteiger partial charge in [0.1, 0.15) is 6.54 Å². The number of nitrogens with two attached hydrogens (primary N) is 1. The number of amides is 1. The molecule has 1 amide bonds. The Morgan fingerprint density at radius 1 is 1.25 bits per heavy atom. The molecule has 0 radical (unpaired) electrons. The van der Waals surface area contributed by atoms with Gasteiger partial charge < -0.3 is 10.6 Å². The molecule has 2 N–H and O–H groups in total. The van der Waals surface area contributed by atoms with Crippen LogP contribution in [0, 0.1) is 5.41 Å². The highest BCUT2D eigenvalue weighted by molar-refractivity contribution is 5.82. The highest BCUT2D eigenvalue weighted by Gasteiger charge is 2.39. The lowest BCUT2D eigenvalue weighted by Crippen LogP contribution is -2.48. The van der Waals surface area contributed by atoms with Crippen molar-refractivity contribution in [2.75, 3.05) is 20.1 Å². The normalized spacial score (nSPS) is 12.7. The van der Waals surface area contributed by atoms with E-state index in [1.807, 2.05) is 0 Å². The average molecular weight is 240 g/mol. The molecule has 0 saturated heterocycles. The van der Waals surface area contributed by atoms with Crippen molar-refractivity contribution in [2.24, 2.45) is 11.1 Å². The van der Waals surface area contributed by atoms with E-state index in [0.29, 0.717) is 17.7 Å². The fourth-order valence-corrected chi connectivity index (χ4v) is 1.67. The number of hydrogen-bond acceptors (Lipinski definition) is 2. The fraction of sp³-hybridized carbons (Fsp3) is 0.900. The van der Waals surface area contributed by atoms with Gasteiger partial charge in [-0.1, -0.05) is 13.8 Å². The predicted molar refractivity (Wildman–Crippen MR) is 55.8 cm³/mol. The van der Waals surface area contributed by atoms with Crippen LogP contribution in [0.1, 0.15) is 26.7 Å². The standard InChI is InChI=1S/C10H19F3N2O/c1-4-9(5-2,6-14)8(16)15(3)7-10(11,12)13/h4-7,14H2,1-3H3.